The van der Waals surface area contributed by atoms with Crippen LogP contribution in [0.2, 0.25) is 0 Å². The van der Waals surface area contributed by atoms with E-state index >= 15 is 0 Å². The van der Waals surface area contributed by atoms with Gasteiger partial charge in [0.15, 0.2) is 11.9 Å². The van der Waals surface area contributed by atoms with Crippen molar-refractivity contribution in [2.75, 3.05) is 5.32 Å². The molecule has 0 atom stereocenters. The molecule has 4 heteroatoms. The summed E-state index contributed by atoms with van der Waals surface area (Å²) in [7, 11) is 0. The van der Waals surface area contributed by atoms with E-state index in [0.29, 0.717) is 0 Å². The van der Waals surface area contributed by atoms with Crippen molar-refractivity contribution in [2.24, 2.45) is 0 Å². The fraction of sp³-hybridized carbons (Fsp3) is 0.294. The third kappa shape index (κ3) is 3.88. The van der Waals surface area contributed by atoms with Crippen LogP contribution in [-0.4, -0.2) is 5.91 Å². The normalized spacial score (nSPS) is 10.5. The first-order valence-electron chi connectivity index (χ1n) is 7.04. The smallest absolute Gasteiger partial charge is 0.290 e. The number of nitrogens with zero attached hydrogens (tertiary/aromatic N) is 1. The Bertz CT molecular complexity index is 668. The zero-order chi connectivity index (χ0) is 15.4. The van der Waals surface area contributed by atoms with E-state index in [-0.39, 0.29) is 18.1 Å². The van der Waals surface area contributed by atoms with Crippen molar-refractivity contribution >= 4 is 11.6 Å². The van der Waals surface area contributed by atoms with Crippen molar-refractivity contribution in [1.29, 1.82) is 0 Å². The summed E-state index contributed by atoms with van der Waals surface area (Å²) in [6, 6.07) is 8.80. The monoisotopic (exact) mass is 287 g/mol. The second-order valence-electron chi connectivity index (χ2n) is 5.19. The molecule has 21 heavy (non-hydrogen) atoms. The Morgan fingerprint density at radius 3 is 2.67 bits per heavy atom. The number of aryl methyl sites for hydroxylation is 3. The fourth-order valence-electron chi connectivity index (χ4n) is 2.11. The molecule has 1 aromatic carbocycles. The highest BCUT2D eigenvalue weighted by Crippen LogP contribution is 2.15. The third-order valence-electron chi connectivity index (χ3n) is 3.43. The number of carbonyl (C=O) groups excluding carboxylic acids is 1. The first-order chi connectivity index (χ1) is 9.99. The lowest BCUT2D eigenvalue weighted by Gasteiger charge is -2.06. The zero-order valence-corrected chi connectivity index (χ0v) is 12.6. The predicted molar refractivity (Wildman–Crippen MR) is 80.5 cm³/mol. The van der Waals surface area contributed by atoms with Gasteiger partial charge in [-0.05, 0) is 37.1 Å². The van der Waals surface area contributed by atoms with Crippen LogP contribution in [0.15, 0.2) is 36.5 Å². The van der Waals surface area contributed by atoms with Crippen LogP contribution in [0, 0.1) is 19.7 Å². The van der Waals surface area contributed by atoms with Gasteiger partial charge in [-0.25, -0.2) is 4.39 Å². The Hall–Kier alpha value is -2.23. The Kier molecular flexibility index (Phi) is 4.68. The van der Waals surface area contributed by atoms with Crippen LogP contribution in [0.25, 0.3) is 0 Å². The van der Waals surface area contributed by atoms with Crippen molar-refractivity contribution in [3.63, 3.8) is 0 Å². The number of benzene rings is 1. The summed E-state index contributed by atoms with van der Waals surface area (Å²) < 4.78 is 15.6. The molecule has 1 N–H and O–H groups in total. The van der Waals surface area contributed by atoms with Gasteiger partial charge in [-0.2, -0.15) is 4.57 Å². The highest BCUT2D eigenvalue weighted by molar-refractivity contribution is 5.89. The summed E-state index contributed by atoms with van der Waals surface area (Å²) in [5, 5.41) is 2.62. The quantitative estimate of drug-likeness (QED) is 0.862. The molecule has 0 aliphatic carbocycles. The molecule has 2 rings (SSSR count). The van der Waals surface area contributed by atoms with Crippen LogP contribution in [0.3, 0.4) is 0 Å². The number of halogens is 1. The van der Waals surface area contributed by atoms with E-state index in [9.17, 15) is 9.18 Å². The molecule has 0 aliphatic rings. The zero-order valence-electron chi connectivity index (χ0n) is 12.6. The van der Waals surface area contributed by atoms with Gasteiger partial charge in [-0.1, -0.05) is 13.0 Å². The van der Waals surface area contributed by atoms with Crippen LogP contribution in [-0.2, 0) is 17.8 Å². The molecule has 0 radical (unpaired) electrons. The molecule has 0 fully saturated rings. The molecule has 0 saturated heterocycles. The van der Waals surface area contributed by atoms with Gasteiger partial charge >= 0.3 is 0 Å². The van der Waals surface area contributed by atoms with Gasteiger partial charge in [0.2, 0.25) is 6.54 Å². The lowest BCUT2D eigenvalue weighted by atomic mass is 10.2. The summed E-state index contributed by atoms with van der Waals surface area (Å²) in [6.45, 7) is 5.99. The molecule has 0 spiro atoms. The molecule has 0 saturated carbocycles. The van der Waals surface area contributed by atoms with E-state index in [1.165, 1.54) is 6.07 Å². The molecule has 2 aromatic rings. The number of hydrogen-bond donors (Lipinski definition) is 1. The van der Waals surface area contributed by atoms with Gasteiger partial charge in [0.25, 0.3) is 5.91 Å². The van der Waals surface area contributed by atoms with Crippen LogP contribution in [0.4, 0.5) is 10.1 Å². The minimum Gasteiger partial charge on any atom is -0.318 e. The largest absolute Gasteiger partial charge is 0.318 e. The maximum Gasteiger partial charge on any atom is 0.290 e. The number of carbonyl (C=O) groups is 1. The fourth-order valence-corrected chi connectivity index (χ4v) is 2.11. The lowest BCUT2D eigenvalue weighted by molar-refractivity contribution is -0.690. The van der Waals surface area contributed by atoms with Crippen molar-refractivity contribution < 1.29 is 13.8 Å². The van der Waals surface area contributed by atoms with E-state index in [2.05, 4.69) is 12.2 Å². The van der Waals surface area contributed by atoms with Crippen molar-refractivity contribution in [2.45, 2.75) is 33.7 Å². The van der Waals surface area contributed by atoms with E-state index < -0.39 is 5.82 Å². The highest BCUT2D eigenvalue weighted by atomic mass is 19.1. The van der Waals surface area contributed by atoms with E-state index in [1.54, 1.807) is 12.1 Å². The van der Waals surface area contributed by atoms with Gasteiger partial charge < -0.3 is 5.32 Å². The summed E-state index contributed by atoms with van der Waals surface area (Å²) >= 11 is 0. The number of rotatable bonds is 4. The molecular formula is C17H20FN2O+. The van der Waals surface area contributed by atoms with E-state index in [4.69, 9.17) is 0 Å². The van der Waals surface area contributed by atoms with Gasteiger partial charge in [0, 0.05) is 18.6 Å². The second kappa shape index (κ2) is 6.48. The first kappa shape index (κ1) is 15.2. The molecule has 1 amide bonds. The minimum absolute atomic E-state index is 0.174. The number of anilines is 1. The number of hydrogen-bond acceptors (Lipinski definition) is 1. The van der Waals surface area contributed by atoms with Crippen LogP contribution in [0.5, 0.6) is 0 Å². The van der Waals surface area contributed by atoms with Crippen LogP contribution < -0.4 is 9.88 Å². The predicted octanol–water partition coefficient (Wildman–Crippen LogP) is 2.93. The van der Waals surface area contributed by atoms with Crippen LogP contribution >= 0.6 is 0 Å². The SMILES string of the molecule is CCc1ccc(C)[n+](CC(=O)Nc2ccc(C)cc2F)c1. The van der Waals surface area contributed by atoms with E-state index in [1.807, 2.05) is 36.7 Å². The molecular weight excluding hydrogens is 267 g/mol. The maximum atomic E-state index is 13.7. The Morgan fingerprint density at radius 1 is 1.24 bits per heavy atom. The average molecular weight is 287 g/mol. The highest BCUT2D eigenvalue weighted by Gasteiger charge is 2.14. The van der Waals surface area contributed by atoms with Crippen molar-refractivity contribution in [3.8, 4) is 0 Å². The topological polar surface area (TPSA) is 33.0 Å². The van der Waals surface area contributed by atoms with Crippen molar-refractivity contribution in [3.05, 3.63) is 59.2 Å². The molecule has 0 bridgehead atoms. The van der Waals surface area contributed by atoms with E-state index in [0.717, 1.165) is 23.2 Å². The molecule has 110 valence electrons. The summed E-state index contributed by atoms with van der Waals surface area (Å²) in [5.74, 6) is -0.647. The molecule has 1 aromatic heterocycles. The molecule has 0 aliphatic heterocycles. The Balaban J connectivity index is 2.11. The second-order valence-corrected chi connectivity index (χ2v) is 5.19. The van der Waals surface area contributed by atoms with Gasteiger partial charge in [0.1, 0.15) is 5.82 Å². The Morgan fingerprint density at radius 2 is 2.00 bits per heavy atom. The molecule has 0 unspecified atom stereocenters. The molecule has 1 heterocycles. The first-order valence-corrected chi connectivity index (χ1v) is 7.04. The number of nitrogens with one attached hydrogen (secondary N) is 1. The van der Waals surface area contributed by atoms with Crippen molar-refractivity contribution in [1.82, 2.24) is 0 Å². The lowest BCUT2D eigenvalue weighted by Crippen LogP contribution is -2.43. The van der Waals surface area contributed by atoms with Gasteiger partial charge in [-0.3, -0.25) is 4.79 Å². The summed E-state index contributed by atoms with van der Waals surface area (Å²) in [4.78, 5) is 12.1. The maximum absolute atomic E-state index is 13.7. The number of aromatic nitrogens is 1. The third-order valence-corrected chi connectivity index (χ3v) is 3.43. The average Bonchev–Trinajstić information content (AvgIpc) is 2.44. The van der Waals surface area contributed by atoms with Crippen LogP contribution in [0.1, 0.15) is 23.7 Å². The minimum atomic E-state index is -0.410. The summed E-state index contributed by atoms with van der Waals surface area (Å²) in [6.07, 6.45) is 2.87. The standard InChI is InChI=1S/C17H19FN2O/c1-4-14-7-6-13(3)20(10-14)11-17(21)19-16-8-5-12(2)9-15(16)18/h5-10H,4,11H2,1-3H3/p+1. The van der Waals surface area contributed by atoms with Gasteiger partial charge in [-0.15, -0.1) is 0 Å². The number of amides is 1. The Labute approximate surface area is 124 Å². The molecule has 3 nitrogen and oxygen atoms in total. The number of pyridine rings is 1. The summed E-state index contributed by atoms with van der Waals surface area (Å²) in [5.41, 5.74) is 3.20. The van der Waals surface area contributed by atoms with Gasteiger partial charge in [0.05, 0.1) is 5.69 Å².